The van der Waals surface area contributed by atoms with Gasteiger partial charge in [-0.2, -0.15) is 4.31 Å². The highest BCUT2D eigenvalue weighted by atomic mass is 32.2. The standard InChI is InChI=1S/C17H24N4O4S2/c1-2-18-17(19-12-14-4-3-9-25-14)20-13-15-5-6-16(26-15)27(22,23)21-7-10-24-11-8-21/h3-6,9H,2,7-8,10-13H2,1H3,(H2,18,19,20). The highest BCUT2D eigenvalue weighted by Gasteiger charge is 2.27. The minimum absolute atomic E-state index is 0.360. The second kappa shape index (κ2) is 9.36. The Morgan fingerprint density at radius 1 is 1.26 bits per heavy atom. The number of rotatable bonds is 7. The maximum absolute atomic E-state index is 12.7. The van der Waals surface area contributed by atoms with Crippen LogP contribution in [-0.4, -0.2) is 51.5 Å². The Kier molecular flexibility index (Phi) is 6.89. The van der Waals surface area contributed by atoms with Gasteiger partial charge in [-0.3, -0.25) is 0 Å². The van der Waals surface area contributed by atoms with Crippen LogP contribution in [0.1, 0.15) is 17.6 Å². The zero-order valence-corrected chi connectivity index (χ0v) is 16.8. The molecule has 0 unspecified atom stereocenters. The molecule has 1 fully saturated rings. The van der Waals surface area contributed by atoms with Crippen molar-refractivity contribution in [3.05, 3.63) is 41.2 Å². The summed E-state index contributed by atoms with van der Waals surface area (Å²) in [7, 11) is -3.44. The molecule has 0 amide bonds. The van der Waals surface area contributed by atoms with Crippen molar-refractivity contribution in [2.24, 2.45) is 4.99 Å². The fourth-order valence-corrected chi connectivity index (χ4v) is 5.44. The molecule has 10 heteroatoms. The van der Waals surface area contributed by atoms with Gasteiger partial charge < -0.3 is 19.8 Å². The highest BCUT2D eigenvalue weighted by Crippen LogP contribution is 2.25. The van der Waals surface area contributed by atoms with E-state index >= 15 is 0 Å². The highest BCUT2D eigenvalue weighted by molar-refractivity contribution is 7.91. The van der Waals surface area contributed by atoms with Crippen molar-refractivity contribution in [1.82, 2.24) is 14.9 Å². The molecule has 8 nitrogen and oxygen atoms in total. The van der Waals surface area contributed by atoms with E-state index in [1.807, 2.05) is 25.1 Å². The first-order valence-electron chi connectivity index (χ1n) is 8.81. The van der Waals surface area contributed by atoms with Crippen LogP contribution in [0.5, 0.6) is 0 Å². The van der Waals surface area contributed by atoms with E-state index in [4.69, 9.17) is 9.15 Å². The normalized spacial score (nSPS) is 16.4. The second-order valence-corrected chi connectivity index (χ2v) is 9.20. The number of hydrogen-bond donors (Lipinski definition) is 2. The first-order chi connectivity index (χ1) is 13.1. The van der Waals surface area contributed by atoms with Crippen molar-refractivity contribution < 1.29 is 17.6 Å². The minimum atomic E-state index is -3.44. The summed E-state index contributed by atoms with van der Waals surface area (Å²) < 4.78 is 37.7. The van der Waals surface area contributed by atoms with Crippen LogP contribution in [0.3, 0.4) is 0 Å². The van der Waals surface area contributed by atoms with E-state index in [-0.39, 0.29) is 0 Å². The van der Waals surface area contributed by atoms with Gasteiger partial charge in [0, 0.05) is 24.5 Å². The average Bonchev–Trinajstić information content (AvgIpc) is 3.37. The van der Waals surface area contributed by atoms with Gasteiger partial charge in [0.15, 0.2) is 5.96 Å². The average molecular weight is 413 g/mol. The molecule has 2 N–H and O–H groups in total. The summed E-state index contributed by atoms with van der Waals surface area (Å²) in [5.41, 5.74) is 0. The third-order valence-electron chi connectivity index (χ3n) is 3.95. The first kappa shape index (κ1) is 19.9. The van der Waals surface area contributed by atoms with Crippen LogP contribution in [-0.2, 0) is 27.8 Å². The molecular weight excluding hydrogens is 388 g/mol. The van der Waals surface area contributed by atoms with Crippen LogP contribution >= 0.6 is 11.3 Å². The molecule has 0 saturated carbocycles. The van der Waals surface area contributed by atoms with Gasteiger partial charge in [0.25, 0.3) is 10.0 Å². The summed E-state index contributed by atoms with van der Waals surface area (Å²) in [5.74, 6) is 1.43. The third kappa shape index (κ3) is 5.32. The lowest BCUT2D eigenvalue weighted by Crippen LogP contribution is -2.40. The van der Waals surface area contributed by atoms with Gasteiger partial charge in [0.2, 0.25) is 0 Å². The molecule has 1 aliphatic rings. The van der Waals surface area contributed by atoms with Crippen molar-refractivity contribution in [1.29, 1.82) is 0 Å². The molecular formula is C17H24N4O4S2. The van der Waals surface area contributed by atoms with Crippen LogP contribution < -0.4 is 10.6 Å². The monoisotopic (exact) mass is 412 g/mol. The van der Waals surface area contributed by atoms with E-state index in [0.29, 0.717) is 49.6 Å². The molecule has 0 bridgehead atoms. The van der Waals surface area contributed by atoms with E-state index in [1.54, 1.807) is 12.3 Å². The van der Waals surface area contributed by atoms with Crippen LogP contribution in [0.25, 0.3) is 0 Å². The van der Waals surface area contributed by atoms with E-state index in [9.17, 15) is 8.42 Å². The van der Waals surface area contributed by atoms with Crippen molar-refractivity contribution >= 4 is 27.3 Å². The van der Waals surface area contributed by atoms with Crippen molar-refractivity contribution in [3.8, 4) is 0 Å². The van der Waals surface area contributed by atoms with Crippen LogP contribution in [0.4, 0.5) is 0 Å². The molecule has 2 aromatic rings. The molecule has 0 atom stereocenters. The quantitative estimate of drug-likeness (QED) is 0.530. The number of guanidine groups is 1. The third-order valence-corrected chi connectivity index (χ3v) is 7.40. The maximum atomic E-state index is 12.7. The molecule has 2 aromatic heterocycles. The summed E-state index contributed by atoms with van der Waals surface area (Å²) >= 11 is 1.28. The van der Waals surface area contributed by atoms with E-state index in [1.165, 1.54) is 15.6 Å². The summed E-state index contributed by atoms with van der Waals surface area (Å²) in [6, 6.07) is 7.20. The lowest BCUT2D eigenvalue weighted by molar-refractivity contribution is 0.0731. The van der Waals surface area contributed by atoms with Gasteiger partial charge in [-0.05, 0) is 31.2 Å². The Morgan fingerprint density at radius 2 is 2.07 bits per heavy atom. The summed E-state index contributed by atoms with van der Waals surface area (Å²) in [6.45, 7) is 5.33. The predicted molar refractivity (Wildman–Crippen MR) is 104 cm³/mol. The number of nitrogens with one attached hydrogen (secondary N) is 2. The topological polar surface area (TPSA) is 96.2 Å². The fourth-order valence-electron chi connectivity index (χ4n) is 2.58. The molecule has 0 aromatic carbocycles. The Hall–Kier alpha value is -1.88. The summed E-state index contributed by atoms with van der Waals surface area (Å²) in [5, 5.41) is 6.39. The second-order valence-electron chi connectivity index (χ2n) is 5.87. The van der Waals surface area contributed by atoms with Gasteiger partial charge >= 0.3 is 0 Å². The maximum Gasteiger partial charge on any atom is 0.252 e. The molecule has 1 aliphatic heterocycles. The Labute approximate surface area is 163 Å². The SMILES string of the molecule is CCNC(=NCc1ccco1)NCc1ccc(S(=O)(=O)N2CCOCC2)s1. The molecule has 3 rings (SSSR count). The molecule has 0 aliphatic carbocycles. The number of sulfonamides is 1. The zero-order chi connectivity index (χ0) is 19.1. The zero-order valence-electron chi connectivity index (χ0n) is 15.2. The number of hydrogen-bond acceptors (Lipinski definition) is 6. The van der Waals surface area contributed by atoms with Crippen LogP contribution in [0.2, 0.25) is 0 Å². The first-order valence-corrected chi connectivity index (χ1v) is 11.1. The number of ether oxygens (including phenoxy) is 1. The molecule has 1 saturated heterocycles. The van der Waals surface area contributed by atoms with Crippen molar-refractivity contribution in [2.75, 3.05) is 32.8 Å². The van der Waals surface area contributed by atoms with Gasteiger partial charge in [-0.25, -0.2) is 13.4 Å². The molecule has 0 radical (unpaired) electrons. The number of aliphatic imine (C=N–C) groups is 1. The lowest BCUT2D eigenvalue weighted by atomic mass is 10.4. The van der Waals surface area contributed by atoms with Crippen LogP contribution in [0, 0.1) is 0 Å². The fraction of sp³-hybridized carbons (Fsp3) is 0.471. The Morgan fingerprint density at radius 3 is 2.78 bits per heavy atom. The Balaban J connectivity index is 1.61. The minimum Gasteiger partial charge on any atom is -0.467 e. The number of thiophene rings is 1. The molecule has 148 valence electrons. The smallest absolute Gasteiger partial charge is 0.252 e. The van der Waals surface area contributed by atoms with E-state index < -0.39 is 10.0 Å². The van der Waals surface area contributed by atoms with E-state index in [2.05, 4.69) is 15.6 Å². The van der Waals surface area contributed by atoms with Gasteiger partial charge in [0.1, 0.15) is 16.5 Å². The lowest BCUT2D eigenvalue weighted by Gasteiger charge is -2.25. The number of morpholine rings is 1. The molecule has 0 spiro atoms. The Bertz CT molecular complexity index is 840. The molecule has 3 heterocycles. The summed E-state index contributed by atoms with van der Waals surface area (Å²) in [4.78, 5) is 5.39. The largest absolute Gasteiger partial charge is 0.467 e. The predicted octanol–water partition coefficient (Wildman–Crippen LogP) is 1.62. The summed E-state index contributed by atoms with van der Waals surface area (Å²) in [6.07, 6.45) is 1.62. The van der Waals surface area contributed by atoms with Crippen molar-refractivity contribution in [3.63, 3.8) is 0 Å². The van der Waals surface area contributed by atoms with Gasteiger partial charge in [0.05, 0.1) is 26.0 Å². The van der Waals surface area contributed by atoms with Gasteiger partial charge in [-0.1, -0.05) is 0 Å². The van der Waals surface area contributed by atoms with Gasteiger partial charge in [-0.15, -0.1) is 11.3 Å². The molecule has 27 heavy (non-hydrogen) atoms. The van der Waals surface area contributed by atoms with Crippen LogP contribution in [0.15, 0.2) is 44.1 Å². The number of furan rings is 1. The van der Waals surface area contributed by atoms with E-state index in [0.717, 1.165) is 17.2 Å². The number of nitrogens with zero attached hydrogens (tertiary/aromatic N) is 2. The van der Waals surface area contributed by atoms with Crippen molar-refractivity contribution in [2.45, 2.75) is 24.2 Å².